The molecule has 0 atom stereocenters. The van der Waals surface area contributed by atoms with Crippen molar-refractivity contribution >= 4 is 21.6 Å². The molecule has 0 radical (unpaired) electrons. The molecule has 0 aliphatic carbocycles. The van der Waals surface area contributed by atoms with Crippen LogP contribution in [0.25, 0.3) is 0 Å². The SMILES string of the molecule is NCc1cc(Br)ccc1N1CCCCC1. The lowest BCUT2D eigenvalue weighted by Crippen LogP contribution is -2.30. The van der Waals surface area contributed by atoms with Gasteiger partial charge in [0, 0.05) is 29.8 Å². The summed E-state index contributed by atoms with van der Waals surface area (Å²) >= 11 is 3.49. The molecule has 3 heteroatoms. The average Bonchev–Trinajstić information content (AvgIpc) is 2.30. The van der Waals surface area contributed by atoms with Crippen LogP contribution in [0.2, 0.25) is 0 Å². The van der Waals surface area contributed by atoms with Gasteiger partial charge in [-0.15, -0.1) is 0 Å². The fraction of sp³-hybridized carbons (Fsp3) is 0.500. The van der Waals surface area contributed by atoms with Gasteiger partial charge in [-0.2, -0.15) is 0 Å². The molecule has 1 aromatic carbocycles. The Morgan fingerprint density at radius 3 is 2.60 bits per heavy atom. The Morgan fingerprint density at radius 2 is 1.93 bits per heavy atom. The molecular weight excluding hydrogens is 252 g/mol. The number of piperidine rings is 1. The fourth-order valence-electron chi connectivity index (χ4n) is 2.16. The van der Waals surface area contributed by atoms with Gasteiger partial charge in [0.05, 0.1) is 0 Å². The molecule has 2 rings (SSSR count). The highest BCUT2D eigenvalue weighted by Gasteiger charge is 2.13. The van der Waals surface area contributed by atoms with E-state index in [1.807, 2.05) is 0 Å². The van der Waals surface area contributed by atoms with Gasteiger partial charge in [0.15, 0.2) is 0 Å². The number of nitrogens with two attached hydrogens (primary N) is 1. The van der Waals surface area contributed by atoms with Gasteiger partial charge in [0.1, 0.15) is 0 Å². The lowest BCUT2D eigenvalue weighted by atomic mass is 10.1. The maximum Gasteiger partial charge on any atom is 0.0412 e. The molecule has 1 saturated heterocycles. The first-order chi connectivity index (χ1) is 7.31. The van der Waals surface area contributed by atoms with Crippen molar-refractivity contribution in [1.29, 1.82) is 0 Å². The third-order valence-corrected chi connectivity index (χ3v) is 3.45. The summed E-state index contributed by atoms with van der Waals surface area (Å²) in [5.74, 6) is 0. The molecule has 1 heterocycles. The predicted octanol–water partition coefficient (Wildman–Crippen LogP) is 2.90. The van der Waals surface area contributed by atoms with Gasteiger partial charge < -0.3 is 10.6 Å². The van der Waals surface area contributed by atoms with Gasteiger partial charge in [-0.05, 0) is 43.0 Å². The van der Waals surface area contributed by atoms with E-state index in [1.54, 1.807) is 0 Å². The fourth-order valence-corrected chi connectivity index (χ4v) is 2.57. The molecule has 82 valence electrons. The van der Waals surface area contributed by atoms with E-state index in [1.165, 1.54) is 43.6 Å². The van der Waals surface area contributed by atoms with Gasteiger partial charge in [-0.1, -0.05) is 15.9 Å². The predicted molar refractivity (Wildman–Crippen MR) is 68.1 cm³/mol. The Bertz CT molecular complexity index is 332. The summed E-state index contributed by atoms with van der Waals surface area (Å²) in [5.41, 5.74) is 8.34. The van der Waals surface area contributed by atoms with Crippen molar-refractivity contribution in [1.82, 2.24) is 0 Å². The summed E-state index contributed by atoms with van der Waals surface area (Å²) in [7, 11) is 0. The van der Waals surface area contributed by atoms with Gasteiger partial charge in [0.2, 0.25) is 0 Å². The molecule has 0 unspecified atom stereocenters. The monoisotopic (exact) mass is 268 g/mol. The lowest BCUT2D eigenvalue weighted by molar-refractivity contribution is 0.576. The standard InChI is InChI=1S/C12H17BrN2/c13-11-4-5-12(10(8-11)9-14)15-6-2-1-3-7-15/h4-5,8H,1-3,6-7,9,14H2. The van der Waals surface area contributed by atoms with E-state index in [-0.39, 0.29) is 0 Å². The molecule has 0 amide bonds. The molecular formula is C12H17BrN2. The highest BCUT2D eigenvalue weighted by atomic mass is 79.9. The minimum Gasteiger partial charge on any atom is -0.371 e. The Kier molecular flexibility index (Phi) is 3.65. The van der Waals surface area contributed by atoms with E-state index < -0.39 is 0 Å². The molecule has 1 fully saturated rings. The zero-order chi connectivity index (χ0) is 10.7. The molecule has 2 N–H and O–H groups in total. The van der Waals surface area contributed by atoms with Crippen molar-refractivity contribution in [3.8, 4) is 0 Å². The maximum atomic E-state index is 5.78. The highest BCUT2D eigenvalue weighted by Crippen LogP contribution is 2.26. The van der Waals surface area contributed by atoms with Crippen LogP contribution in [-0.2, 0) is 6.54 Å². The molecule has 1 aliphatic heterocycles. The second kappa shape index (κ2) is 4.99. The number of rotatable bonds is 2. The second-order valence-electron chi connectivity index (χ2n) is 4.02. The van der Waals surface area contributed by atoms with Crippen LogP contribution >= 0.6 is 15.9 Å². The minimum atomic E-state index is 0.616. The first kappa shape index (κ1) is 11.0. The molecule has 0 saturated carbocycles. The van der Waals surface area contributed by atoms with Gasteiger partial charge in [0.25, 0.3) is 0 Å². The number of halogens is 1. The van der Waals surface area contributed by atoms with Crippen molar-refractivity contribution in [2.24, 2.45) is 5.73 Å². The molecule has 2 nitrogen and oxygen atoms in total. The first-order valence-corrected chi connectivity index (χ1v) is 6.34. The van der Waals surface area contributed by atoms with Crippen LogP contribution in [-0.4, -0.2) is 13.1 Å². The first-order valence-electron chi connectivity index (χ1n) is 5.54. The van der Waals surface area contributed by atoms with Crippen molar-refractivity contribution in [2.75, 3.05) is 18.0 Å². The topological polar surface area (TPSA) is 29.3 Å². The van der Waals surface area contributed by atoms with Crippen molar-refractivity contribution in [3.63, 3.8) is 0 Å². The lowest BCUT2D eigenvalue weighted by Gasteiger charge is -2.30. The molecule has 15 heavy (non-hydrogen) atoms. The van der Waals surface area contributed by atoms with Gasteiger partial charge >= 0.3 is 0 Å². The quantitative estimate of drug-likeness (QED) is 0.894. The van der Waals surface area contributed by atoms with E-state index >= 15 is 0 Å². The number of nitrogens with zero attached hydrogens (tertiary/aromatic N) is 1. The van der Waals surface area contributed by atoms with Crippen LogP contribution in [0, 0.1) is 0 Å². The Labute approximate surface area is 99.6 Å². The van der Waals surface area contributed by atoms with Crippen molar-refractivity contribution in [2.45, 2.75) is 25.8 Å². The highest BCUT2D eigenvalue weighted by molar-refractivity contribution is 9.10. The van der Waals surface area contributed by atoms with Gasteiger partial charge in [-0.25, -0.2) is 0 Å². The smallest absolute Gasteiger partial charge is 0.0412 e. The summed E-state index contributed by atoms with van der Waals surface area (Å²) in [6, 6.07) is 6.41. The Hall–Kier alpha value is -0.540. The number of hydrogen-bond acceptors (Lipinski definition) is 2. The van der Waals surface area contributed by atoms with Gasteiger partial charge in [-0.3, -0.25) is 0 Å². The van der Waals surface area contributed by atoms with Crippen LogP contribution in [0.1, 0.15) is 24.8 Å². The molecule has 0 bridgehead atoms. The van der Waals surface area contributed by atoms with Crippen molar-refractivity contribution in [3.05, 3.63) is 28.2 Å². The van der Waals surface area contributed by atoms with Crippen LogP contribution in [0.3, 0.4) is 0 Å². The van der Waals surface area contributed by atoms with E-state index in [2.05, 4.69) is 39.0 Å². The molecule has 0 spiro atoms. The normalized spacial score (nSPS) is 16.8. The zero-order valence-corrected chi connectivity index (χ0v) is 10.5. The third-order valence-electron chi connectivity index (χ3n) is 2.96. The summed E-state index contributed by atoms with van der Waals surface area (Å²) in [4.78, 5) is 2.46. The number of hydrogen-bond donors (Lipinski definition) is 1. The summed E-state index contributed by atoms with van der Waals surface area (Å²) in [5, 5.41) is 0. The molecule has 1 aromatic rings. The van der Waals surface area contributed by atoms with Crippen LogP contribution in [0.15, 0.2) is 22.7 Å². The molecule has 0 aromatic heterocycles. The summed E-state index contributed by atoms with van der Waals surface area (Å²) < 4.78 is 1.11. The van der Waals surface area contributed by atoms with E-state index in [4.69, 9.17) is 5.73 Å². The Morgan fingerprint density at radius 1 is 1.20 bits per heavy atom. The van der Waals surface area contributed by atoms with Crippen LogP contribution in [0.4, 0.5) is 5.69 Å². The minimum absolute atomic E-state index is 0.616. The zero-order valence-electron chi connectivity index (χ0n) is 8.88. The van der Waals surface area contributed by atoms with Crippen LogP contribution < -0.4 is 10.6 Å². The maximum absolute atomic E-state index is 5.78. The number of benzene rings is 1. The summed E-state index contributed by atoms with van der Waals surface area (Å²) in [6.07, 6.45) is 3.98. The van der Waals surface area contributed by atoms with E-state index in [9.17, 15) is 0 Å². The third kappa shape index (κ3) is 2.52. The number of anilines is 1. The average molecular weight is 269 g/mol. The largest absolute Gasteiger partial charge is 0.371 e. The Balaban J connectivity index is 2.25. The summed E-state index contributed by atoms with van der Waals surface area (Å²) in [6.45, 7) is 2.97. The van der Waals surface area contributed by atoms with E-state index in [0.717, 1.165) is 4.47 Å². The van der Waals surface area contributed by atoms with E-state index in [0.29, 0.717) is 6.54 Å². The second-order valence-corrected chi connectivity index (χ2v) is 4.94. The van der Waals surface area contributed by atoms with Crippen molar-refractivity contribution < 1.29 is 0 Å². The molecule has 1 aliphatic rings. The van der Waals surface area contributed by atoms with Crippen LogP contribution in [0.5, 0.6) is 0 Å².